The van der Waals surface area contributed by atoms with Crippen LogP contribution in [-0.4, -0.2) is 33.0 Å². The molecule has 0 spiro atoms. The quantitative estimate of drug-likeness (QED) is 0.521. The number of hydrogen-bond acceptors (Lipinski definition) is 5. The fourth-order valence-corrected chi connectivity index (χ4v) is 3.88. The summed E-state index contributed by atoms with van der Waals surface area (Å²) < 4.78 is 1.89. The van der Waals surface area contributed by atoms with Gasteiger partial charge in [0, 0.05) is 29.9 Å². The topological polar surface area (TPSA) is 74.8 Å². The molecule has 0 aliphatic rings. The van der Waals surface area contributed by atoms with Crippen molar-refractivity contribution in [2.45, 2.75) is 18.5 Å². The number of aromatic nitrogens is 3. The number of benzene rings is 2. The Hall–Kier alpha value is -2.82. The summed E-state index contributed by atoms with van der Waals surface area (Å²) >= 11 is 7.38. The normalized spacial score (nSPS) is 10.6. The third kappa shape index (κ3) is 4.97. The summed E-state index contributed by atoms with van der Waals surface area (Å²) in [5.41, 5.74) is 2.80. The Morgan fingerprint density at radius 2 is 2.03 bits per heavy atom. The number of nitrogens with zero attached hydrogens (tertiary/aromatic N) is 5. The third-order valence-electron chi connectivity index (χ3n) is 4.41. The van der Waals surface area contributed by atoms with Crippen molar-refractivity contribution >= 4 is 35.0 Å². The maximum atomic E-state index is 12.9. The maximum absolute atomic E-state index is 12.9. The highest BCUT2D eigenvalue weighted by Crippen LogP contribution is 2.26. The van der Waals surface area contributed by atoms with Gasteiger partial charge in [-0.25, -0.2) is 0 Å². The smallest absolute Gasteiger partial charge is 0.237 e. The van der Waals surface area contributed by atoms with Gasteiger partial charge in [0.2, 0.25) is 5.91 Å². The molecule has 0 saturated carbocycles. The lowest BCUT2D eigenvalue weighted by Crippen LogP contribution is -2.33. The van der Waals surface area contributed by atoms with E-state index >= 15 is 0 Å². The first-order chi connectivity index (χ1) is 14.0. The van der Waals surface area contributed by atoms with Crippen molar-refractivity contribution < 1.29 is 4.79 Å². The molecule has 0 unspecified atom stereocenters. The standard InChI is InChI=1S/C21H20ClN5OS/c1-15-7-3-4-10-18(15)20-24-25-21(26(20)2)29-14-19(28)27(12-6-11-23)17-9-5-8-16(22)13-17/h3-5,7-10,13H,6,12,14H2,1-2H3. The number of anilines is 1. The molecule has 3 rings (SSSR count). The van der Waals surface area contributed by atoms with E-state index in [4.69, 9.17) is 16.9 Å². The lowest BCUT2D eigenvalue weighted by atomic mass is 10.1. The van der Waals surface area contributed by atoms with E-state index in [2.05, 4.69) is 16.3 Å². The van der Waals surface area contributed by atoms with Gasteiger partial charge in [0.15, 0.2) is 11.0 Å². The molecular formula is C21H20ClN5OS. The molecule has 3 aromatic rings. The van der Waals surface area contributed by atoms with Gasteiger partial charge in [-0.3, -0.25) is 4.79 Å². The minimum atomic E-state index is -0.118. The molecule has 1 aromatic heterocycles. The molecule has 0 aliphatic carbocycles. The first-order valence-electron chi connectivity index (χ1n) is 9.02. The molecular weight excluding hydrogens is 406 g/mol. The van der Waals surface area contributed by atoms with Gasteiger partial charge >= 0.3 is 0 Å². The minimum absolute atomic E-state index is 0.118. The molecule has 29 heavy (non-hydrogen) atoms. The number of rotatable bonds is 7. The zero-order chi connectivity index (χ0) is 20.8. The molecule has 0 atom stereocenters. The SMILES string of the molecule is Cc1ccccc1-c1nnc(SCC(=O)N(CCC#N)c2cccc(Cl)c2)n1C. The molecule has 0 fully saturated rings. The van der Waals surface area contributed by atoms with Gasteiger partial charge in [0.1, 0.15) is 0 Å². The van der Waals surface area contributed by atoms with Gasteiger partial charge in [0.05, 0.1) is 18.2 Å². The first-order valence-corrected chi connectivity index (χ1v) is 10.4. The van der Waals surface area contributed by atoms with E-state index in [0.717, 1.165) is 17.0 Å². The number of halogens is 1. The van der Waals surface area contributed by atoms with Gasteiger partial charge in [-0.1, -0.05) is 53.7 Å². The van der Waals surface area contributed by atoms with E-state index in [1.54, 1.807) is 23.1 Å². The van der Waals surface area contributed by atoms with Crippen LogP contribution in [0.4, 0.5) is 5.69 Å². The Bertz CT molecular complexity index is 1060. The number of carbonyl (C=O) groups excluding carboxylic acids is 1. The number of carbonyl (C=O) groups is 1. The van der Waals surface area contributed by atoms with E-state index in [0.29, 0.717) is 22.4 Å². The number of aryl methyl sites for hydroxylation is 1. The zero-order valence-corrected chi connectivity index (χ0v) is 17.7. The average Bonchev–Trinajstić information content (AvgIpc) is 3.07. The van der Waals surface area contributed by atoms with Gasteiger partial charge in [0.25, 0.3) is 0 Å². The van der Waals surface area contributed by atoms with Crippen molar-refractivity contribution in [3.63, 3.8) is 0 Å². The fraction of sp³-hybridized carbons (Fsp3) is 0.238. The number of hydrogen-bond donors (Lipinski definition) is 0. The zero-order valence-electron chi connectivity index (χ0n) is 16.2. The van der Waals surface area contributed by atoms with Crippen LogP contribution in [0.3, 0.4) is 0 Å². The molecule has 2 aromatic carbocycles. The van der Waals surface area contributed by atoms with Crippen LogP contribution in [-0.2, 0) is 11.8 Å². The van der Waals surface area contributed by atoms with E-state index in [1.165, 1.54) is 11.8 Å². The number of thioether (sulfide) groups is 1. The van der Waals surface area contributed by atoms with Crippen molar-refractivity contribution in [3.8, 4) is 17.5 Å². The summed E-state index contributed by atoms with van der Waals surface area (Å²) in [5, 5.41) is 18.7. The van der Waals surface area contributed by atoms with Crippen LogP contribution in [0.15, 0.2) is 53.7 Å². The van der Waals surface area contributed by atoms with Crippen molar-refractivity contribution in [1.82, 2.24) is 14.8 Å². The second-order valence-electron chi connectivity index (χ2n) is 6.40. The van der Waals surface area contributed by atoms with E-state index < -0.39 is 0 Å². The van der Waals surface area contributed by atoms with Crippen LogP contribution < -0.4 is 4.90 Å². The molecule has 1 amide bonds. The monoisotopic (exact) mass is 425 g/mol. The van der Waals surface area contributed by atoms with Crippen molar-refractivity contribution in [1.29, 1.82) is 5.26 Å². The predicted octanol–water partition coefficient (Wildman–Crippen LogP) is 4.48. The Kier molecular flexibility index (Phi) is 6.91. The molecule has 0 aliphatic heterocycles. The Balaban J connectivity index is 1.75. The Morgan fingerprint density at radius 3 is 2.76 bits per heavy atom. The van der Waals surface area contributed by atoms with E-state index in [1.807, 2.05) is 48.9 Å². The molecule has 0 saturated heterocycles. The molecule has 0 N–H and O–H groups in total. The van der Waals surface area contributed by atoms with Crippen molar-refractivity contribution in [2.24, 2.45) is 7.05 Å². The van der Waals surface area contributed by atoms with Crippen LogP contribution in [0.25, 0.3) is 11.4 Å². The minimum Gasteiger partial charge on any atom is -0.311 e. The lowest BCUT2D eigenvalue weighted by molar-refractivity contribution is -0.116. The second kappa shape index (κ2) is 9.59. The van der Waals surface area contributed by atoms with Crippen LogP contribution >= 0.6 is 23.4 Å². The number of amides is 1. The molecule has 6 nitrogen and oxygen atoms in total. The van der Waals surface area contributed by atoms with Gasteiger partial charge < -0.3 is 9.47 Å². The fourth-order valence-electron chi connectivity index (χ4n) is 2.91. The number of nitriles is 1. The molecule has 1 heterocycles. The van der Waals surface area contributed by atoms with Gasteiger partial charge in [-0.05, 0) is 30.7 Å². The Labute approximate surface area is 179 Å². The second-order valence-corrected chi connectivity index (χ2v) is 7.78. The third-order valence-corrected chi connectivity index (χ3v) is 5.65. The largest absolute Gasteiger partial charge is 0.311 e. The maximum Gasteiger partial charge on any atom is 0.237 e. The average molecular weight is 426 g/mol. The lowest BCUT2D eigenvalue weighted by Gasteiger charge is -2.21. The van der Waals surface area contributed by atoms with Gasteiger partial charge in [-0.15, -0.1) is 10.2 Å². The molecule has 0 bridgehead atoms. The van der Waals surface area contributed by atoms with Crippen LogP contribution in [0, 0.1) is 18.3 Å². The predicted molar refractivity (Wildman–Crippen MR) is 116 cm³/mol. The molecule has 148 valence electrons. The van der Waals surface area contributed by atoms with E-state index in [9.17, 15) is 4.79 Å². The molecule has 0 radical (unpaired) electrons. The molecule has 8 heteroatoms. The Morgan fingerprint density at radius 1 is 1.24 bits per heavy atom. The summed E-state index contributed by atoms with van der Waals surface area (Å²) in [6.45, 7) is 2.34. The highest BCUT2D eigenvalue weighted by Gasteiger charge is 2.19. The van der Waals surface area contributed by atoms with Crippen molar-refractivity contribution in [3.05, 3.63) is 59.1 Å². The summed E-state index contributed by atoms with van der Waals surface area (Å²) in [6, 6.07) is 17.1. The van der Waals surface area contributed by atoms with Crippen LogP contribution in [0.1, 0.15) is 12.0 Å². The first kappa shape index (κ1) is 20.9. The van der Waals surface area contributed by atoms with Gasteiger partial charge in [-0.2, -0.15) is 5.26 Å². The summed E-state index contributed by atoms with van der Waals surface area (Å²) in [4.78, 5) is 14.5. The highest BCUT2D eigenvalue weighted by atomic mass is 35.5. The summed E-state index contributed by atoms with van der Waals surface area (Å²) in [7, 11) is 1.89. The summed E-state index contributed by atoms with van der Waals surface area (Å²) in [5.74, 6) is 0.819. The van der Waals surface area contributed by atoms with Crippen LogP contribution in [0.5, 0.6) is 0 Å². The summed E-state index contributed by atoms with van der Waals surface area (Å²) in [6.07, 6.45) is 0.240. The van der Waals surface area contributed by atoms with Crippen molar-refractivity contribution in [2.75, 3.05) is 17.2 Å². The van der Waals surface area contributed by atoms with Crippen LogP contribution in [0.2, 0.25) is 5.02 Å². The highest BCUT2D eigenvalue weighted by molar-refractivity contribution is 7.99. The van der Waals surface area contributed by atoms with E-state index in [-0.39, 0.29) is 18.1 Å².